The number of anilines is 1. The molecule has 0 saturated heterocycles. The number of benzene rings is 3. The van der Waals surface area contributed by atoms with Gasteiger partial charge in [0.2, 0.25) is 0 Å². The van der Waals surface area contributed by atoms with Crippen molar-refractivity contribution < 1.29 is 13.2 Å². The molecule has 3 aromatic rings. The van der Waals surface area contributed by atoms with Crippen molar-refractivity contribution >= 4 is 62.6 Å². The Morgan fingerprint density at radius 2 is 1.61 bits per heavy atom. The Hall–Kier alpha value is -2.58. The van der Waals surface area contributed by atoms with Crippen LogP contribution in [0.5, 0.6) is 0 Å². The van der Waals surface area contributed by atoms with Gasteiger partial charge in [-0.25, -0.2) is 13.8 Å². The number of hydrogen-bond acceptors (Lipinski definition) is 4. The first kappa shape index (κ1) is 23.1. The summed E-state index contributed by atoms with van der Waals surface area (Å²) in [5, 5.41) is 4.87. The van der Waals surface area contributed by atoms with Crippen molar-refractivity contribution in [1.82, 2.24) is 5.43 Å². The van der Waals surface area contributed by atoms with Crippen LogP contribution in [0.4, 0.5) is 5.69 Å². The van der Waals surface area contributed by atoms with Crippen LogP contribution in [0.2, 0.25) is 15.1 Å². The molecule has 0 fully saturated rings. The number of hydrazone groups is 1. The predicted octanol–water partition coefficient (Wildman–Crippen LogP) is 4.99. The number of carbonyl (C=O) groups is 1. The van der Waals surface area contributed by atoms with E-state index in [1.165, 1.54) is 36.5 Å². The van der Waals surface area contributed by atoms with Crippen molar-refractivity contribution in [3.05, 3.63) is 93.4 Å². The third kappa shape index (κ3) is 5.98. The molecular weight excluding hydrogens is 481 g/mol. The van der Waals surface area contributed by atoms with Crippen LogP contribution in [0, 0.1) is 0 Å². The van der Waals surface area contributed by atoms with Gasteiger partial charge in [-0.15, -0.1) is 0 Å². The first-order valence-corrected chi connectivity index (χ1v) is 11.4. The molecule has 0 aliphatic rings. The average Bonchev–Trinajstić information content (AvgIpc) is 2.76. The minimum absolute atomic E-state index is 0.0264. The molecule has 1 amide bonds. The summed E-state index contributed by atoms with van der Waals surface area (Å²) in [4.78, 5) is 12.5. The van der Waals surface area contributed by atoms with Gasteiger partial charge in [-0.1, -0.05) is 65.1 Å². The Labute approximate surface area is 195 Å². The van der Waals surface area contributed by atoms with Crippen molar-refractivity contribution in [2.45, 2.75) is 4.90 Å². The van der Waals surface area contributed by atoms with Gasteiger partial charge in [0, 0.05) is 5.02 Å². The van der Waals surface area contributed by atoms with Gasteiger partial charge in [0.1, 0.15) is 6.54 Å². The Balaban J connectivity index is 1.85. The highest BCUT2D eigenvalue weighted by Crippen LogP contribution is 2.30. The van der Waals surface area contributed by atoms with Crippen molar-refractivity contribution in [3.63, 3.8) is 0 Å². The normalized spacial score (nSPS) is 11.5. The lowest BCUT2D eigenvalue weighted by molar-refractivity contribution is -0.119. The Bertz CT molecular complexity index is 1200. The average molecular weight is 497 g/mol. The SMILES string of the molecule is O=C(CN(c1ccc(Cl)c(Cl)c1)S(=O)(=O)c1ccccc1)N/N=C/c1ccc(Cl)cc1. The zero-order valence-electron chi connectivity index (χ0n) is 15.9. The molecule has 0 bridgehead atoms. The second-order valence-electron chi connectivity index (χ2n) is 6.27. The van der Waals surface area contributed by atoms with Gasteiger partial charge in [0.05, 0.1) is 26.8 Å². The number of halogens is 3. The van der Waals surface area contributed by atoms with E-state index in [1.807, 2.05) is 0 Å². The monoisotopic (exact) mass is 495 g/mol. The summed E-state index contributed by atoms with van der Waals surface area (Å²) in [6.45, 7) is -0.521. The van der Waals surface area contributed by atoms with Crippen LogP contribution in [0.15, 0.2) is 82.8 Å². The van der Waals surface area contributed by atoms with E-state index in [1.54, 1.807) is 42.5 Å². The number of nitrogens with zero attached hydrogens (tertiary/aromatic N) is 2. The lowest BCUT2D eigenvalue weighted by Crippen LogP contribution is -2.39. The molecule has 0 aliphatic heterocycles. The molecule has 6 nitrogen and oxygen atoms in total. The largest absolute Gasteiger partial charge is 0.271 e. The van der Waals surface area contributed by atoms with E-state index in [4.69, 9.17) is 34.8 Å². The van der Waals surface area contributed by atoms with E-state index in [9.17, 15) is 13.2 Å². The summed E-state index contributed by atoms with van der Waals surface area (Å²) in [6, 6.07) is 18.9. The molecule has 0 heterocycles. The summed E-state index contributed by atoms with van der Waals surface area (Å²) >= 11 is 17.8. The maximum Gasteiger partial charge on any atom is 0.264 e. The molecule has 10 heteroatoms. The molecule has 31 heavy (non-hydrogen) atoms. The fourth-order valence-electron chi connectivity index (χ4n) is 2.57. The zero-order valence-corrected chi connectivity index (χ0v) is 19.0. The number of rotatable bonds is 7. The summed E-state index contributed by atoms with van der Waals surface area (Å²) in [6.07, 6.45) is 1.42. The second-order valence-corrected chi connectivity index (χ2v) is 9.38. The maximum absolute atomic E-state index is 13.2. The molecule has 0 saturated carbocycles. The van der Waals surface area contributed by atoms with E-state index < -0.39 is 22.5 Å². The maximum atomic E-state index is 13.2. The molecule has 0 spiro atoms. The van der Waals surface area contributed by atoms with Gasteiger partial charge in [0.25, 0.3) is 15.9 Å². The van der Waals surface area contributed by atoms with E-state index in [0.717, 1.165) is 4.31 Å². The van der Waals surface area contributed by atoms with Gasteiger partial charge in [-0.05, 0) is 48.0 Å². The van der Waals surface area contributed by atoms with Crippen LogP contribution >= 0.6 is 34.8 Å². The van der Waals surface area contributed by atoms with Crippen molar-refractivity contribution in [1.29, 1.82) is 0 Å². The highest BCUT2D eigenvalue weighted by molar-refractivity contribution is 7.92. The number of amides is 1. The molecule has 0 atom stereocenters. The smallest absolute Gasteiger partial charge is 0.264 e. The zero-order chi connectivity index (χ0) is 22.4. The first-order chi connectivity index (χ1) is 14.8. The van der Waals surface area contributed by atoms with E-state index in [2.05, 4.69) is 10.5 Å². The van der Waals surface area contributed by atoms with Crippen molar-refractivity contribution in [2.75, 3.05) is 10.8 Å². The molecule has 0 aromatic heterocycles. The Kier molecular flexibility index (Phi) is 7.56. The van der Waals surface area contributed by atoms with Gasteiger partial charge in [-0.3, -0.25) is 9.10 Å². The van der Waals surface area contributed by atoms with Crippen LogP contribution in [-0.4, -0.2) is 27.1 Å². The molecule has 3 rings (SSSR count). The van der Waals surface area contributed by atoms with Crippen LogP contribution in [0.25, 0.3) is 0 Å². The highest BCUT2D eigenvalue weighted by Gasteiger charge is 2.27. The lowest BCUT2D eigenvalue weighted by atomic mass is 10.2. The van der Waals surface area contributed by atoms with E-state index in [-0.39, 0.29) is 20.6 Å². The first-order valence-electron chi connectivity index (χ1n) is 8.88. The number of hydrogen-bond donors (Lipinski definition) is 1. The molecule has 3 aromatic carbocycles. The fourth-order valence-corrected chi connectivity index (χ4v) is 4.42. The molecule has 0 unspecified atom stereocenters. The van der Waals surface area contributed by atoms with Crippen LogP contribution in [0.1, 0.15) is 5.56 Å². The highest BCUT2D eigenvalue weighted by atomic mass is 35.5. The van der Waals surface area contributed by atoms with Gasteiger partial charge < -0.3 is 0 Å². The van der Waals surface area contributed by atoms with Gasteiger partial charge in [-0.2, -0.15) is 5.10 Å². The molecule has 1 N–H and O–H groups in total. The third-order valence-electron chi connectivity index (χ3n) is 4.08. The van der Waals surface area contributed by atoms with Crippen molar-refractivity contribution in [3.8, 4) is 0 Å². The molecule has 0 aliphatic carbocycles. The van der Waals surface area contributed by atoms with Crippen LogP contribution < -0.4 is 9.73 Å². The Morgan fingerprint density at radius 3 is 2.26 bits per heavy atom. The van der Waals surface area contributed by atoms with Gasteiger partial charge in [0.15, 0.2) is 0 Å². The number of carbonyl (C=O) groups excluding carboxylic acids is 1. The summed E-state index contributed by atoms with van der Waals surface area (Å²) in [5.74, 6) is -0.643. The predicted molar refractivity (Wildman–Crippen MR) is 125 cm³/mol. The quantitative estimate of drug-likeness (QED) is 0.370. The van der Waals surface area contributed by atoms with Crippen LogP contribution in [0.3, 0.4) is 0 Å². The fraction of sp³-hybridized carbons (Fsp3) is 0.0476. The summed E-state index contributed by atoms with van der Waals surface area (Å²) in [5.41, 5.74) is 3.23. The Morgan fingerprint density at radius 1 is 0.935 bits per heavy atom. The van der Waals surface area contributed by atoms with Gasteiger partial charge >= 0.3 is 0 Å². The second kappa shape index (κ2) is 10.2. The number of sulfonamides is 1. The van der Waals surface area contributed by atoms with Crippen molar-refractivity contribution in [2.24, 2.45) is 5.10 Å². The minimum atomic E-state index is -4.06. The topological polar surface area (TPSA) is 78.8 Å². The summed E-state index contributed by atoms with van der Waals surface area (Å²) in [7, 11) is -4.06. The molecule has 160 valence electrons. The number of nitrogens with one attached hydrogen (secondary N) is 1. The van der Waals surface area contributed by atoms with E-state index >= 15 is 0 Å². The minimum Gasteiger partial charge on any atom is -0.271 e. The van der Waals surface area contributed by atoms with E-state index in [0.29, 0.717) is 10.6 Å². The molecular formula is C21H16Cl3N3O3S. The lowest BCUT2D eigenvalue weighted by Gasteiger charge is -2.24. The van der Waals surface area contributed by atoms with Crippen LogP contribution in [-0.2, 0) is 14.8 Å². The summed E-state index contributed by atoms with van der Waals surface area (Å²) < 4.78 is 27.4. The molecule has 0 radical (unpaired) electrons. The standard InChI is InChI=1S/C21H16Cl3N3O3S/c22-16-8-6-15(7-9-16)13-25-26-21(28)14-27(17-10-11-19(23)20(24)12-17)31(29,30)18-4-2-1-3-5-18/h1-13H,14H2,(H,26,28)/b25-13+. The third-order valence-corrected chi connectivity index (χ3v) is 6.86.